The molecular weight excluding hydrogens is 961 g/mol. The monoisotopic (exact) mass is 985 g/mol. The summed E-state index contributed by atoms with van der Waals surface area (Å²) in [6.45, 7) is 0. The average molecular weight is 985 g/mol. The summed E-state index contributed by atoms with van der Waals surface area (Å²) in [7, 11) is 4.24. The van der Waals surface area contributed by atoms with E-state index in [4.69, 9.17) is 0 Å². The zero-order valence-corrected chi connectivity index (χ0v) is 32.5. The number of alkyl halides is 24. The molecule has 0 aromatic heterocycles. The number of halogens is 24. The molecule has 0 aliphatic heterocycles. The van der Waals surface area contributed by atoms with Crippen LogP contribution in [0.3, 0.4) is 0 Å². The Morgan fingerprint density at radius 2 is 0.424 bits per heavy atom. The third-order valence-electron chi connectivity index (χ3n) is 9.95. The lowest BCUT2D eigenvalue weighted by atomic mass is 9.10. The molecule has 0 aliphatic rings. The molecule has 5 aromatic carbocycles. The van der Waals surface area contributed by atoms with Gasteiger partial charge in [0.25, 0.3) is 0 Å². The van der Waals surface area contributed by atoms with Crippen molar-refractivity contribution in [3.63, 3.8) is 0 Å². The zero-order chi connectivity index (χ0) is 50.6. The van der Waals surface area contributed by atoms with Crippen molar-refractivity contribution in [3.05, 3.63) is 148 Å². The van der Waals surface area contributed by atoms with Gasteiger partial charge in [0.15, 0.2) is 0 Å². The Kier molecular flexibility index (Phi) is 14.1. The van der Waals surface area contributed by atoms with Crippen molar-refractivity contribution in [2.45, 2.75) is 49.4 Å². The van der Waals surface area contributed by atoms with E-state index in [2.05, 4.69) is 38.4 Å². The summed E-state index contributed by atoms with van der Waals surface area (Å²) < 4.78 is 360. The minimum Gasteiger partial charge on any atom is -0.307 e. The fourth-order valence-corrected chi connectivity index (χ4v) is 7.74. The van der Waals surface area contributed by atoms with Gasteiger partial charge >= 0.3 is 49.4 Å². The zero-order valence-electron chi connectivity index (χ0n) is 32.5. The number of quaternary nitrogens is 1. The number of hydrogen-bond donors (Lipinski definition) is 1. The van der Waals surface area contributed by atoms with E-state index in [0.717, 1.165) is 0 Å². The standard InChI is InChI=1S/C32H12BF24.C8H11N/c34-25(35,36)13-5-1-6-14(26(37,38)39)21(13)33(22-15(27(40,41)42)7-2-8-16(22)28(43,44)45,23-17(29(46,47)48)9-3-10-18(23)30(49,50)51)24-19(31(52,53)54)11-4-12-20(24)32(55,56)57;1-9(2)8-6-4-3-5-7-8/h1-12H;3-7H,1-2H3/q-1;/p+1. The van der Waals surface area contributed by atoms with Gasteiger partial charge in [-0.05, 0) is 12.1 Å². The van der Waals surface area contributed by atoms with Gasteiger partial charge in [0, 0.05) is 44.5 Å². The highest BCUT2D eigenvalue weighted by molar-refractivity contribution is 7.21. The predicted molar refractivity (Wildman–Crippen MR) is 189 cm³/mol. The van der Waals surface area contributed by atoms with Crippen LogP contribution in [0, 0.1) is 0 Å². The second kappa shape index (κ2) is 17.6. The third kappa shape index (κ3) is 10.7. The van der Waals surface area contributed by atoms with Gasteiger partial charge in [0.1, 0.15) is 11.8 Å². The van der Waals surface area contributed by atoms with Crippen LogP contribution in [-0.4, -0.2) is 20.2 Å². The van der Waals surface area contributed by atoms with Crippen LogP contribution in [0.5, 0.6) is 0 Å². The van der Waals surface area contributed by atoms with Crippen LogP contribution >= 0.6 is 0 Å². The van der Waals surface area contributed by atoms with Gasteiger partial charge in [-0.2, -0.15) is 127 Å². The highest BCUT2D eigenvalue weighted by Crippen LogP contribution is 2.46. The van der Waals surface area contributed by atoms with Crippen molar-refractivity contribution in [2.24, 2.45) is 0 Å². The first kappa shape index (κ1) is 53.1. The lowest BCUT2D eigenvalue weighted by Gasteiger charge is -2.52. The van der Waals surface area contributed by atoms with Gasteiger partial charge in [0.2, 0.25) is 0 Å². The number of para-hydroxylation sites is 1. The molecule has 0 fully saturated rings. The van der Waals surface area contributed by atoms with Crippen LogP contribution in [0.15, 0.2) is 103 Å². The fourth-order valence-electron chi connectivity index (χ4n) is 7.74. The second-order valence-corrected chi connectivity index (χ2v) is 14.3. The summed E-state index contributed by atoms with van der Waals surface area (Å²) in [5, 5.41) is 0. The number of nitrogens with one attached hydrogen (secondary N) is 1. The van der Waals surface area contributed by atoms with E-state index in [9.17, 15) is 0 Å². The van der Waals surface area contributed by atoms with Crippen molar-refractivity contribution in [1.82, 2.24) is 0 Å². The van der Waals surface area contributed by atoms with Crippen molar-refractivity contribution < 1.29 is 110 Å². The Morgan fingerprint density at radius 3 is 0.545 bits per heavy atom. The van der Waals surface area contributed by atoms with Gasteiger partial charge < -0.3 is 4.90 Å². The molecule has 0 heterocycles. The Labute approximate surface area is 355 Å². The summed E-state index contributed by atoms with van der Waals surface area (Å²) in [6.07, 6.45) is -62.5. The first-order valence-electron chi connectivity index (χ1n) is 17.8. The molecule has 26 heteroatoms. The lowest BCUT2D eigenvalue weighted by Crippen LogP contribution is -3.00. The van der Waals surface area contributed by atoms with Gasteiger partial charge in [-0.3, -0.25) is 0 Å². The molecule has 0 amide bonds. The fraction of sp³-hybridized carbons (Fsp3) is 0.250. The van der Waals surface area contributed by atoms with Gasteiger partial charge in [-0.25, -0.2) is 0 Å². The van der Waals surface area contributed by atoms with Crippen LogP contribution in [0.25, 0.3) is 0 Å². The molecule has 0 bridgehead atoms. The van der Waals surface area contributed by atoms with Crippen molar-refractivity contribution in [2.75, 3.05) is 14.1 Å². The molecule has 0 spiro atoms. The normalized spacial score (nSPS) is 13.7. The summed E-state index contributed by atoms with van der Waals surface area (Å²) in [5.74, 6) is 0. The molecule has 66 heavy (non-hydrogen) atoms. The van der Waals surface area contributed by atoms with Crippen molar-refractivity contribution >= 4 is 33.7 Å². The summed E-state index contributed by atoms with van der Waals surface area (Å²) in [6, 6.07) is 2.30. The summed E-state index contributed by atoms with van der Waals surface area (Å²) in [5.41, 5.74) is -41.3. The number of hydrogen-bond acceptors (Lipinski definition) is 0. The molecule has 5 rings (SSSR count). The first-order valence-corrected chi connectivity index (χ1v) is 17.8. The maximum atomic E-state index is 15.0. The lowest BCUT2D eigenvalue weighted by molar-refractivity contribution is -0.786. The molecule has 0 saturated heterocycles. The molecule has 0 radical (unpaired) electrons. The van der Waals surface area contributed by atoms with E-state index in [1.165, 1.54) is 10.6 Å². The second-order valence-electron chi connectivity index (χ2n) is 14.3. The number of rotatable bonds is 5. The highest BCUT2D eigenvalue weighted by Gasteiger charge is 2.58. The van der Waals surface area contributed by atoms with Crippen LogP contribution in [0.4, 0.5) is 111 Å². The maximum absolute atomic E-state index is 15.0. The SMILES string of the molecule is C[NH+](C)c1ccccc1.FC(F)(F)c1cccc(C(F)(F)F)c1[B-](c1c(C(F)(F)F)cccc1C(F)(F)F)(c1c(C(F)(F)F)cccc1C(F)(F)F)c1c(C(F)(F)F)cccc1C(F)(F)F. The largest absolute Gasteiger partial charge is 0.413 e. The van der Waals surface area contributed by atoms with E-state index in [0.29, 0.717) is 0 Å². The van der Waals surface area contributed by atoms with E-state index < -0.39 is 195 Å². The minimum atomic E-state index is -7.76. The van der Waals surface area contributed by atoms with Crippen LogP contribution in [0.2, 0.25) is 0 Å². The molecule has 0 saturated carbocycles. The van der Waals surface area contributed by atoms with E-state index in [-0.39, 0.29) is 0 Å². The molecule has 360 valence electrons. The van der Waals surface area contributed by atoms with Gasteiger partial charge in [-0.15, -0.1) is 0 Å². The minimum absolute atomic E-state index is 0.406. The highest BCUT2D eigenvalue weighted by atomic mass is 19.4. The molecule has 0 unspecified atom stereocenters. The Bertz CT molecular complexity index is 2060. The van der Waals surface area contributed by atoms with Crippen LogP contribution in [0.1, 0.15) is 44.5 Å². The molecular formula is C40H24BF24N. The Hall–Kier alpha value is -5.56. The average Bonchev–Trinajstić information content (AvgIpc) is 3.15. The van der Waals surface area contributed by atoms with Crippen molar-refractivity contribution in [1.29, 1.82) is 0 Å². The van der Waals surface area contributed by atoms with E-state index in [1.54, 1.807) is 0 Å². The molecule has 0 atom stereocenters. The van der Waals surface area contributed by atoms with Gasteiger partial charge in [-0.1, -0.05) is 91.0 Å². The Balaban J connectivity index is 0.000000942. The summed E-state index contributed by atoms with van der Waals surface area (Å²) >= 11 is 0. The molecule has 5 aromatic rings. The summed E-state index contributed by atoms with van der Waals surface area (Å²) in [4.78, 5) is 1.37. The molecule has 1 nitrogen and oxygen atoms in total. The third-order valence-corrected chi connectivity index (χ3v) is 9.95. The van der Waals surface area contributed by atoms with E-state index >= 15 is 105 Å². The molecule has 0 aliphatic carbocycles. The quantitative estimate of drug-likeness (QED) is 0.132. The Morgan fingerprint density at radius 1 is 0.258 bits per heavy atom. The smallest absolute Gasteiger partial charge is 0.307 e. The number of benzene rings is 5. The predicted octanol–water partition coefficient (Wildman–Crippen LogP) is 11.7. The van der Waals surface area contributed by atoms with Crippen LogP contribution in [-0.2, 0) is 49.4 Å². The van der Waals surface area contributed by atoms with Crippen molar-refractivity contribution in [3.8, 4) is 0 Å². The van der Waals surface area contributed by atoms with E-state index in [1.807, 2.05) is 6.07 Å². The van der Waals surface area contributed by atoms with Gasteiger partial charge in [0.05, 0.1) is 14.1 Å². The maximum Gasteiger partial charge on any atom is 0.413 e. The first-order chi connectivity index (χ1) is 29.7. The topological polar surface area (TPSA) is 4.44 Å². The molecule has 1 N–H and O–H groups in total. The van der Waals surface area contributed by atoms with Crippen LogP contribution < -0.4 is 26.8 Å².